The SMILES string of the molecule is O=COC(c1ccccc1)c1ccc(Cl)cc1. The van der Waals surface area contributed by atoms with E-state index in [4.69, 9.17) is 16.3 Å². The highest BCUT2D eigenvalue weighted by atomic mass is 35.5. The molecule has 1 unspecified atom stereocenters. The largest absolute Gasteiger partial charge is 0.455 e. The molecule has 86 valence electrons. The Morgan fingerprint density at radius 1 is 0.941 bits per heavy atom. The minimum absolute atomic E-state index is 0.383. The predicted octanol–water partition coefficient (Wildman–Crippen LogP) is 3.60. The van der Waals surface area contributed by atoms with Gasteiger partial charge in [-0.05, 0) is 23.3 Å². The summed E-state index contributed by atoms with van der Waals surface area (Å²) in [5, 5.41) is 0.659. The van der Waals surface area contributed by atoms with Crippen LogP contribution in [0, 0.1) is 0 Å². The first kappa shape index (κ1) is 11.7. The van der Waals surface area contributed by atoms with E-state index in [1.165, 1.54) is 0 Å². The lowest BCUT2D eigenvalue weighted by Crippen LogP contribution is -2.04. The van der Waals surface area contributed by atoms with Gasteiger partial charge in [0.05, 0.1) is 0 Å². The highest BCUT2D eigenvalue weighted by Crippen LogP contribution is 2.26. The Morgan fingerprint density at radius 2 is 1.53 bits per heavy atom. The van der Waals surface area contributed by atoms with Crippen molar-refractivity contribution in [2.24, 2.45) is 0 Å². The zero-order valence-corrected chi connectivity index (χ0v) is 9.80. The van der Waals surface area contributed by atoms with Gasteiger partial charge in [-0.2, -0.15) is 0 Å². The molecule has 17 heavy (non-hydrogen) atoms. The first-order chi connectivity index (χ1) is 8.31. The summed E-state index contributed by atoms with van der Waals surface area (Å²) in [4.78, 5) is 10.6. The van der Waals surface area contributed by atoms with Crippen LogP contribution in [0.4, 0.5) is 0 Å². The van der Waals surface area contributed by atoms with Crippen LogP contribution >= 0.6 is 11.6 Å². The summed E-state index contributed by atoms with van der Waals surface area (Å²) in [6.07, 6.45) is -0.383. The fraction of sp³-hybridized carbons (Fsp3) is 0.0714. The number of carbonyl (C=O) groups is 1. The van der Waals surface area contributed by atoms with Crippen molar-refractivity contribution in [3.8, 4) is 0 Å². The van der Waals surface area contributed by atoms with Crippen LogP contribution in [0.15, 0.2) is 54.6 Å². The van der Waals surface area contributed by atoms with Gasteiger partial charge in [-0.1, -0.05) is 54.1 Å². The van der Waals surface area contributed by atoms with Crippen LogP contribution in [0.25, 0.3) is 0 Å². The van der Waals surface area contributed by atoms with E-state index in [-0.39, 0.29) is 6.10 Å². The first-order valence-corrected chi connectivity index (χ1v) is 5.58. The second-order valence-electron chi connectivity index (χ2n) is 3.57. The monoisotopic (exact) mass is 246 g/mol. The van der Waals surface area contributed by atoms with E-state index < -0.39 is 0 Å². The van der Waals surface area contributed by atoms with E-state index in [0.717, 1.165) is 11.1 Å². The van der Waals surface area contributed by atoms with Crippen molar-refractivity contribution >= 4 is 18.1 Å². The number of rotatable bonds is 4. The maximum absolute atomic E-state index is 10.6. The molecular weight excluding hydrogens is 236 g/mol. The van der Waals surface area contributed by atoms with Gasteiger partial charge < -0.3 is 4.74 Å². The molecule has 0 radical (unpaired) electrons. The number of ether oxygens (including phenoxy) is 1. The zero-order valence-electron chi connectivity index (χ0n) is 9.05. The molecule has 3 heteroatoms. The van der Waals surface area contributed by atoms with Crippen LogP contribution in [0.5, 0.6) is 0 Å². The molecule has 0 aliphatic heterocycles. The average Bonchev–Trinajstić information content (AvgIpc) is 2.38. The van der Waals surface area contributed by atoms with E-state index in [9.17, 15) is 4.79 Å². The van der Waals surface area contributed by atoms with Crippen molar-refractivity contribution in [1.29, 1.82) is 0 Å². The third-order valence-electron chi connectivity index (χ3n) is 2.47. The van der Waals surface area contributed by atoms with Crippen LogP contribution in [0.3, 0.4) is 0 Å². The molecule has 0 amide bonds. The van der Waals surface area contributed by atoms with Crippen LogP contribution < -0.4 is 0 Å². The Balaban J connectivity index is 2.35. The molecule has 0 heterocycles. The summed E-state index contributed by atoms with van der Waals surface area (Å²) in [6.45, 7) is 0.465. The third-order valence-corrected chi connectivity index (χ3v) is 2.72. The summed E-state index contributed by atoms with van der Waals surface area (Å²) < 4.78 is 5.13. The Bertz CT molecular complexity index is 479. The average molecular weight is 247 g/mol. The summed E-state index contributed by atoms with van der Waals surface area (Å²) in [6, 6.07) is 16.8. The van der Waals surface area contributed by atoms with Crippen molar-refractivity contribution in [3.63, 3.8) is 0 Å². The van der Waals surface area contributed by atoms with Gasteiger partial charge in [0.25, 0.3) is 6.47 Å². The van der Waals surface area contributed by atoms with Crippen LogP contribution in [0.1, 0.15) is 17.2 Å². The Labute approximate surface area is 105 Å². The van der Waals surface area contributed by atoms with Gasteiger partial charge >= 0.3 is 0 Å². The quantitative estimate of drug-likeness (QED) is 0.771. The normalized spacial score (nSPS) is 11.8. The minimum atomic E-state index is -0.383. The Kier molecular flexibility index (Phi) is 3.78. The molecule has 0 fully saturated rings. The third kappa shape index (κ3) is 2.86. The van der Waals surface area contributed by atoms with E-state index in [1.54, 1.807) is 12.1 Å². The van der Waals surface area contributed by atoms with E-state index >= 15 is 0 Å². The number of hydrogen-bond donors (Lipinski definition) is 0. The molecule has 0 aliphatic carbocycles. The molecule has 2 rings (SSSR count). The molecule has 0 saturated heterocycles. The van der Waals surface area contributed by atoms with Crippen molar-refractivity contribution in [3.05, 3.63) is 70.7 Å². The highest BCUT2D eigenvalue weighted by Gasteiger charge is 2.14. The maximum atomic E-state index is 10.6. The van der Waals surface area contributed by atoms with Crippen LogP contribution in [-0.4, -0.2) is 6.47 Å². The summed E-state index contributed by atoms with van der Waals surface area (Å²) in [7, 11) is 0. The van der Waals surface area contributed by atoms with Gasteiger partial charge in [-0.15, -0.1) is 0 Å². The molecule has 2 aromatic carbocycles. The molecule has 2 nitrogen and oxygen atoms in total. The smallest absolute Gasteiger partial charge is 0.294 e. The molecule has 0 aliphatic rings. The standard InChI is InChI=1S/C14H11ClO2/c15-13-8-6-12(7-9-13)14(17-10-16)11-4-2-1-3-5-11/h1-10,14H. The molecule has 0 N–H and O–H groups in total. The second-order valence-corrected chi connectivity index (χ2v) is 4.01. The van der Waals surface area contributed by atoms with E-state index in [2.05, 4.69) is 0 Å². The molecule has 0 saturated carbocycles. The summed E-state index contributed by atoms with van der Waals surface area (Å²) in [5.74, 6) is 0. The van der Waals surface area contributed by atoms with Gasteiger partial charge in [0, 0.05) is 5.02 Å². The molecule has 0 bridgehead atoms. The number of carbonyl (C=O) groups excluding carboxylic acids is 1. The van der Waals surface area contributed by atoms with Crippen molar-refractivity contribution in [2.45, 2.75) is 6.10 Å². The van der Waals surface area contributed by atoms with Gasteiger partial charge in [0.15, 0.2) is 6.10 Å². The number of halogens is 1. The van der Waals surface area contributed by atoms with Gasteiger partial charge in [-0.25, -0.2) is 0 Å². The summed E-state index contributed by atoms with van der Waals surface area (Å²) in [5.41, 5.74) is 1.83. The van der Waals surface area contributed by atoms with Crippen LogP contribution in [0.2, 0.25) is 5.02 Å². The second kappa shape index (κ2) is 5.51. The highest BCUT2D eigenvalue weighted by molar-refractivity contribution is 6.30. The molecule has 0 aromatic heterocycles. The van der Waals surface area contributed by atoms with Crippen molar-refractivity contribution in [1.82, 2.24) is 0 Å². The van der Waals surface area contributed by atoms with Gasteiger partial charge in [-0.3, -0.25) is 4.79 Å². The topological polar surface area (TPSA) is 26.3 Å². The number of benzene rings is 2. The van der Waals surface area contributed by atoms with Crippen LogP contribution in [-0.2, 0) is 9.53 Å². The molecular formula is C14H11ClO2. The molecule has 0 spiro atoms. The van der Waals surface area contributed by atoms with E-state index in [1.807, 2.05) is 42.5 Å². The van der Waals surface area contributed by atoms with E-state index in [0.29, 0.717) is 11.5 Å². The van der Waals surface area contributed by atoms with Crippen molar-refractivity contribution < 1.29 is 9.53 Å². The predicted molar refractivity (Wildman–Crippen MR) is 66.9 cm³/mol. The fourth-order valence-corrected chi connectivity index (χ4v) is 1.80. The zero-order chi connectivity index (χ0) is 12.1. The van der Waals surface area contributed by atoms with Crippen molar-refractivity contribution in [2.75, 3.05) is 0 Å². The fourth-order valence-electron chi connectivity index (χ4n) is 1.67. The Morgan fingerprint density at radius 3 is 2.12 bits per heavy atom. The first-order valence-electron chi connectivity index (χ1n) is 5.21. The van der Waals surface area contributed by atoms with Gasteiger partial charge in [0.2, 0.25) is 0 Å². The summed E-state index contributed by atoms with van der Waals surface area (Å²) >= 11 is 5.83. The minimum Gasteiger partial charge on any atom is -0.455 e. The molecule has 2 aromatic rings. The number of hydrogen-bond acceptors (Lipinski definition) is 2. The maximum Gasteiger partial charge on any atom is 0.294 e. The Hall–Kier alpha value is -1.80. The molecule has 1 atom stereocenters. The lowest BCUT2D eigenvalue weighted by atomic mass is 10.0. The van der Waals surface area contributed by atoms with Gasteiger partial charge in [0.1, 0.15) is 0 Å². The lowest BCUT2D eigenvalue weighted by Gasteiger charge is -2.15. The lowest BCUT2D eigenvalue weighted by molar-refractivity contribution is -0.132.